The van der Waals surface area contributed by atoms with E-state index in [4.69, 9.17) is 26.8 Å². The van der Waals surface area contributed by atoms with Crippen molar-refractivity contribution in [3.8, 4) is 17.6 Å². The van der Waals surface area contributed by atoms with Crippen LogP contribution in [0.3, 0.4) is 0 Å². The van der Waals surface area contributed by atoms with Crippen LogP contribution in [-0.2, 0) is 6.61 Å². The van der Waals surface area contributed by atoms with Gasteiger partial charge in [-0.2, -0.15) is 9.99 Å². The molecule has 4 rings (SSSR count). The summed E-state index contributed by atoms with van der Waals surface area (Å²) in [6.45, 7) is 2.42. The van der Waals surface area contributed by atoms with E-state index in [1.807, 2.05) is 6.92 Å². The first kappa shape index (κ1) is 24.7. The van der Waals surface area contributed by atoms with Crippen molar-refractivity contribution in [2.24, 2.45) is 0 Å². The van der Waals surface area contributed by atoms with Crippen LogP contribution in [0.15, 0.2) is 60.9 Å². The van der Waals surface area contributed by atoms with E-state index in [1.165, 1.54) is 12.4 Å². The van der Waals surface area contributed by atoms with E-state index in [-0.39, 0.29) is 19.0 Å². The Morgan fingerprint density at radius 1 is 1.18 bits per heavy atom. The number of ether oxygens (including phenoxy) is 2. The number of hydrogen-bond acceptors (Lipinski definition) is 7. The number of anilines is 3. The minimum atomic E-state index is 0. The average Bonchev–Trinajstić information content (AvgIpc) is 2.81. The summed E-state index contributed by atoms with van der Waals surface area (Å²) in [5, 5.41) is 25.7. The molecular weight excluding hydrogens is 477 g/mol. The molecule has 0 aliphatic carbocycles. The summed E-state index contributed by atoms with van der Waals surface area (Å²) in [6, 6.07) is 15.9. The van der Waals surface area contributed by atoms with Crippen molar-refractivity contribution in [2.45, 2.75) is 13.5 Å². The number of rotatable bonds is 7. The SMILES string of the molecule is CCOc1cc2ncc(C#N)c(Nc3ccc(OCc4cccc[n+]4[O-])c(Cl)c3)c2cc1N.Cl. The maximum absolute atomic E-state index is 11.8. The molecule has 2 heterocycles. The molecule has 34 heavy (non-hydrogen) atoms. The Kier molecular flexibility index (Phi) is 7.84. The number of nitrogens with two attached hydrogens (primary N) is 1. The zero-order valence-electron chi connectivity index (χ0n) is 18.1. The van der Waals surface area contributed by atoms with E-state index in [0.717, 1.165) is 4.73 Å². The summed E-state index contributed by atoms with van der Waals surface area (Å²) in [4.78, 5) is 4.36. The molecule has 0 aliphatic heterocycles. The highest BCUT2D eigenvalue weighted by molar-refractivity contribution is 6.32. The molecule has 0 aliphatic rings. The molecule has 0 bridgehead atoms. The van der Waals surface area contributed by atoms with Crippen molar-refractivity contribution in [3.63, 3.8) is 0 Å². The van der Waals surface area contributed by atoms with Gasteiger partial charge in [-0.15, -0.1) is 12.4 Å². The van der Waals surface area contributed by atoms with Crippen molar-refractivity contribution < 1.29 is 14.2 Å². The van der Waals surface area contributed by atoms with Gasteiger partial charge in [0.25, 0.3) is 0 Å². The van der Waals surface area contributed by atoms with Gasteiger partial charge in [-0.3, -0.25) is 4.98 Å². The average molecular weight is 498 g/mol. The first-order chi connectivity index (χ1) is 16.0. The summed E-state index contributed by atoms with van der Waals surface area (Å²) >= 11 is 6.41. The van der Waals surface area contributed by atoms with Gasteiger partial charge in [0.15, 0.2) is 12.8 Å². The van der Waals surface area contributed by atoms with E-state index < -0.39 is 0 Å². The Hall–Kier alpha value is -3.93. The number of benzene rings is 2. The van der Waals surface area contributed by atoms with Crippen LogP contribution >= 0.6 is 24.0 Å². The van der Waals surface area contributed by atoms with E-state index in [1.54, 1.807) is 48.5 Å². The maximum atomic E-state index is 11.8. The van der Waals surface area contributed by atoms with Crippen LogP contribution in [-0.4, -0.2) is 11.6 Å². The van der Waals surface area contributed by atoms with Crippen LogP contribution in [0.25, 0.3) is 10.9 Å². The van der Waals surface area contributed by atoms with Crippen molar-refractivity contribution in [1.29, 1.82) is 5.26 Å². The second kappa shape index (κ2) is 10.8. The minimum absolute atomic E-state index is 0. The van der Waals surface area contributed by atoms with Gasteiger partial charge >= 0.3 is 0 Å². The fourth-order valence-electron chi connectivity index (χ4n) is 3.30. The highest BCUT2D eigenvalue weighted by atomic mass is 35.5. The third kappa shape index (κ3) is 5.17. The lowest BCUT2D eigenvalue weighted by atomic mass is 10.1. The van der Waals surface area contributed by atoms with Gasteiger partial charge in [0.1, 0.15) is 17.6 Å². The Bertz CT molecular complexity index is 1380. The quantitative estimate of drug-likeness (QED) is 0.206. The Balaban J connectivity index is 0.00000324. The van der Waals surface area contributed by atoms with E-state index >= 15 is 0 Å². The molecule has 4 aromatic rings. The second-order valence-electron chi connectivity index (χ2n) is 7.08. The van der Waals surface area contributed by atoms with Gasteiger partial charge in [-0.25, -0.2) is 0 Å². The highest BCUT2D eigenvalue weighted by Gasteiger charge is 2.14. The summed E-state index contributed by atoms with van der Waals surface area (Å²) < 4.78 is 12.0. The monoisotopic (exact) mass is 497 g/mol. The standard InChI is InChI=1S/C24H20ClN5O3.ClH/c1-2-32-23-11-21-18(10-20(23)27)24(15(12-26)13-28-21)29-16-6-7-22(19(25)9-16)33-14-17-5-3-4-8-30(17)31;/h3-11,13H,2,14,27H2,1H3,(H,28,29);1H. The van der Waals surface area contributed by atoms with Crippen LogP contribution in [0.4, 0.5) is 17.1 Å². The molecule has 0 spiro atoms. The number of pyridine rings is 2. The summed E-state index contributed by atoms with van der Waals surface area (Å²) in [5.41, 5.74) is 9.23. The number of hydrogen-bond donors (Lipinski definition) is 2. The fraction of sp³-hybridized carbons (Fsp3) is 0.125. The number of nitriles is 1. The largest absolute Gasteiger partial charge is 0.618 e. The van der Waals surface area contributed by atoms with E-state index in [2.05, 4.69) is 16.4 Å². The van der Waals surface area contributed by atoms with Crippen molar-refractivity contribution in [2.75, 3.05) is 17.7 Å². The zero-order valence-corrected chi connectivity index (χ0v) is 19.7. The summed E-state index contributed by atoms with van der Waals surface area (Å²) in [7, 11) is 0. The van der Waals surface area contributed by atoms with Gasteiger partial charge in [0.2, 0.25) is 5.69 Å². The van der Waals surface area contributed by atoms with Crippen LogP contribution in [0.2, 0.25) is 5.02 Å². The molecule has 0 fully saturated rings. The summed E-state index contributed by atoms with van der Waals surface area (Å²) in [6.07, 6.45) is 2.90. The van der Waals surface area contributed by atoms with E-state index in [0.29, 0.717) is 62.4 Å². The summed E-state index contributed by atoms with van der Waals surface area (Å²) in [5.74, 6) is 0.965. The molecule has 174 valence electrons. The molecule has 0 amide bonds. The number of nitrogens with zero attached hydrogens (tertiary/aromatic N) is 3. The number of halogens is 2. The number of aromatic nitrogens is 2. The zero-order chi connectivity index (χ0) is 23.4. The topological polar surface area (TPSA) is 120 Å². The van der Waals surface area contributed by atoms with Crippen molar-refractivity contribution >= 4 is 52.0 Å². The Morgan fingerprint density at radius 3 is 2.71 bits per heavy atom. The van der Waals surface area contributed by atoms with Gasteiger partial charge in [-0.1, -0.05) is 11.6 Å². The molecule has 3 N–H and O–H groups in total. The predicted octanol–water partition coefficient (Wildman–Crippen LogP) is 5.12. The van der Waals surface area contributed by atoms with Crippen LogP contribution in [0.1, 0.15) is 18.2 Å². The Labute approximate surface area is 207 Å². The van der Waals surface area contributed by atoms with Crippen LogP contribution in [0.5, 0.6) is 11.5 Å². The minimum Gasteiger partial charge on any atom is -0.618 e. The first-order valence-electron chi connectivity index (χ1n) is 10.1. The molecular formula is C24H21Cl2N5O3. The molecule has 8 nitrogen and oxygen atoms in total. The fourth-order valence-corrected chi connectivity index (χ4v) is 3.54. The molecule has 0 atom stereocenters. The van der Waals surface area contributed by atoms with Crippen LogP contribution in [0, 0.1) is 16.5 Å². The van der Waals surface area contributed by atoms with Gasteiger partial charge < -0.3 is 25.7 Å². The normalized spacial score (nSPS) is 10.3. The van der Waals surface area contributed by atoms with Gasteiger partial charge in [0, 0.05) is 35.5 Å². The highest BCUT2D eigenvalue weighted by Crippen LogP contribution is 2.36. The molecule has 0 saturated heterocycles. The number of nitrogen functional groups attached to an aromatic ring is 1. The number of fused-ring (bicyclic) bond motifs is 1. The smallest absolute Gasteiger partial charge is 0.230 e. The van der Waals surface area contributed by atoms with Gasteiger partial charge in [0.05, 0.1) is 34.1 Å². The number of nitrogens with one attached hydrogen (secondary N) is 1. The van der Waals surface area contributed by atoms with Crippen LogP contribution < -0.4 is 25.3 Å². The lowest BCUT2D eigenvalue weighted by Gasteiger charge is -2.15. The van der Waals surface area contributed by atoms with Crippen molar-refractivity contribution in [3.05, 3.63) is 82.4 Å². The molecule has 0 saturated carbocycles. The lowest BCUT2D eigenvalue weighted by Crippen LogP contribution is -2.31. The van der Waals surface area contributed by atoms with E-state index in [9.17, 15) is 10.5 Å². The molecule has 2 aromatic carbocycles. The lowest BCUT2D eigenvalue weighted by molar-refractivity contribution is -0.616. The van der Waals surface area contributed by atoms with Gasteiger partial charge in [-0.05, 0) is 37.3 Å². The molecule has 2 aromatic heterocycles. The maximum Gasteiger partial charge on any atom is 0.230 e. The van der Waals surface area contributed by atoms with Crippen molar-refractivity contribution in [1.82, 2.24) is 4.98 Å². The molecule has 0 unspecified atom stereocenters. The first-order valence-corrected chi connectivity index (χ1v) is 10.5. The third-order valence-corrected chi connectivity index (χ3v) is 5.20. The predicted molar refractivity (Wildman–Crippen MR) is 134 cm³/mol. The second-order valence-corrected chi connectivity index (χ2v) is 7.48. The third-order valence-electron chi connectivity index (χ3n) is 4.90. The molecule has 0 radical (unpaired) electrons. The molecule has 10 heteroatoms. The Morgan fingerprint density at radius 2 is 2.00 bits per heavy atom.